The summed E-state index contributed by atoms with van der Waals surface area (Å²) < 4.78 is 40.5. The second-order valence-electron chi connectivity index (χ2n) is 10.6. The summed E-state index contributed by atoms with van der Waals surface area (Å²) in [5.41, 5.74) is 2.74. The first-order valence-corrected chi connectivity index (χ1v) is 13.4. The van der Waals surface area contributed by atoms with Crippen LogP contribution in [0.25, 0.3) is 0 Å². The molecular formula is C29H34O12. The molecule has 0 bridgehead atoms. The average molecular weight is 575 g/mol. The number of fused-ring (bicyclic) bond motifs is 6. The molecular weight excluding hydrogens is 540 g/mol. The Morgan fingerprint density at radius 2 is 1.71 bits per heavy atom. The number of aliphatic hydroxyl groups is 5. The van der Waals surface area contributed by atoms with E-state index in [1.165, 1.54) is 0 Å². The van der Waals surface area contributed by atoms with Crippen LogP contribution in [0.2, 0.25) is 0 Å². The fraction of sp³-hybridized carbons (Fsp3) is 0.517. The van der Waals surface area contributed by atoms with Crippen molar-refractivity contribution in [2.45, 2.75) is 61.4 Å². The first kappa shape index (κ1) is 28.0. The van der Waals surface area contributed by atoms with Crippen LogP contribution >= 0.6 is 0 Å². The first-order valence-electron chi connectivity index (χ1n) is 13.4. The molecule has 0 amide bonds. The lowest BCUT2D eigenvalue weighted by Crippen LogP contribution is -2.59. The summed E-state index contributed by atoms with van der Waals surface area (Å²) in [5, 5.41) is 51.2. The highest BCUT2D eigenvalue weighted by Crippen LogP contribution is 2.54. The quantitative estimate of drug-likeness (QED) is 0.289. The van der Waals surface area contributed by atoms with Crippen molar-refractivity contribution < 1.29 is 58.7 Å². The lowest BCUT2D eigenvalue weighted by molar-refractivity contribution is -0.299. The van der Waals surface area contributed by atoms with E-state index in [1.54, 1.807) is 32.4 Å². The van der Waals surface area contributed by atoms with Crippen LogP contribution < -0.4 is 23.7 Å². The van der Waals surface area contributed by atoms with Crippen molar-refractivity contribution in [1.82, 2.24) is 0 Å². The minimum absolute atomic E-state index is 0.0758. The summed E-state index contributed by atoms with van der Waals surface area (Å²) in [5.74, 6) is 2.43. The van der Waals surface area contributed by atoms with E-state index >= 15 is 0 Å². The van der Waals surface area contributed by atoms with Crippen molar-refractivity contribution in [3.63, 3.8) is 0 Å². The minimum Gasteiger partial charge on any atom is -0.493 e. The van der Waals surface area contributed by atoms with Gasteiger partial charge in [0.05, 0.1) is 39.5 Å². The Morgan fingerprint density at radius 1 is 0.951 bits per heavy atom. The molecule has 0 spiro atoms. The molecule has 6 rings (SSSR count). The summed E-state index contributed by atoms with van der Waals surface area (Å²) in [6.45, 7) is 3.68. The monoisotopic (exact) mass is 574 g/mol. The van der Waals surface area contributed by atoms with Gasteiger partial charge < -0.3 is 58.7 Å². The molecule has 0 aromatic heterocycles. The maximum Gasteiger partial charge on any atom is 0.187 e. The van der Waals surface area contributed by atoms with Crippen LogP contribution in [0, 0.1) is 0 Å². The van der Waals surface area contributed by atoms with Crippen molar-refractivity contribution in [2.24, 2.45) is 0 Å². The van der Waals surface area contributed by atoms with E-state index in [2.05, 4.69) is 6.58 Å². The molecule has 2 aromatic rings. The van der Waals surface area contributed by atoms with Gasteiger partial charge in [0.2, 0.25) is 0 Å². The van der Waals surface area contributed by atoms with Crippen LogP contribution in [0.1, 0.15) is 28.7 Å². The van der Waals surface area contributed by atoms with E-state index < -0.39 is 55.6 Å². The van der Waals surface area contributed by atoms with Gasteiger partial charge in [-0.2, -0.15) is 0 Å². The normalized spacial score (nSPS) is 33.2. The summed E-state index contributed by atoms with van der Waals surface area (Å²) in [4.78, 5) is 0. The van der Waals surface area contributed by atoms with Crippen LogP contribution in [-0.4, -0.2) is 102 Å². The van der Waals surface area contributed by atoms with Gasteiger partial charge in [0.25, 0.3) is 0 Å². The maximum absolute atomic E-state index is 11.6. The Balaban J connectivity index is 1.18. The Morgan fingerprint density at radius 3 is 2.44 bits per heavy atom. The highest BCUT2D eigenvalue weighted by Gasteiger charge is 2.47. The highest BCUT2D eigenvalue weighted by atomic mass is 16.7. The Kier molecular flexibility index (Phi) is 7.49. The van der Waals surface area contributed by atoms with Crippen LogP contribution in [0.3, 0.4) is 0 Å². The lowest BCUT2D eigenvalue weighted by Gasteiger charge is -2.41. The van der Waals surface area contributed by atoms with Gasteiger partial charge in [-0.05, 0) is 23.8 Å². The Labute approximate surface area is 236 Å². The molecule has 41 heavy (non-hydrogen) atoms. The number of hydrogen-bond donors (Lipinski definition) is 5. The van der Waals surface area contributed by atoms with Crippen molar-refractivity contribution in [1.29, 1.82) is 0 Å². The molecule has 9 atom stereocenters. The third-order valence-corrected chi connectivity index (χ3v) is 8.25. The molecule has 1 saturated heterocycles. The fourth-order valence-corrected chi connectivity index (χ4v) is 5.96. The molecule has 0 radical (unpaired) electrons. The van der Waals surface area contributed by atoms with Gasteiger partial charge in [-0.3, -0.25) is 0 Å². The van der Waals surface area contributed by atoms with Gasteiger partial charge in [-0.25, -0.2) is 0 Å². The summed E-state index contributed by atoms with van der Waals surface area (Å²) in [6, 6.07) is 7.16. The number of hydrogen-bond acceptors (Lipinski definition) is 12. The lowest BCUT2D eigenvalue weighted by atomic mass is 9.80. The molecule has 4 aliphatic rings. The molecule has 222 valence electrons. The van der Waals surface area contributed by atoms with Gasteiger partial charge in [-0.15, -0.1) is 0 Å². The van der Waals surface area contributed by atoms with Crippen LogP contribution in [-0.2, 0) is 15.9 Å². The SMILES string of the molecule is C=C(CO[C@@H]1O[C@H](CO)[C@@H](O)[C@H](O)[C@H]1O)[C@H]1Cc2c(ccc3c2OC2COc4cc(OC)c(OC)cc4C2[C@H]3O)O1. The summed E-state index contributed by atoms with van der Waals surface area (Å²) in [6.07, 6.45) is -8.27. The zero-order chi connectivity index (χ0) is 29.0. The molecule has 12 heteroatoms. The van der Waals surface area contributed by atoms with Crippen molar-refractivity contribution in [2.75, 3.05) is 34.0 Å². The van der Waals surface area contributed by atoms with Gasteiger partial charge in [0, 0.05) is 29.2 Å². The average Bonchev–Trinajstić information content (AvgIpc) is 3.44. The first-order chi connectivity index (χ1) is 19.7. The smallest absolute Gasteiger partial charge is 0.187 e. The third kappa shape index (κ3) is 4.69. The third-order valence-electron chi connectivity index (χ3n) is 8.25. The van der Waals surface area contributed by atoms with Gasteiger partial charge >= 0.3 is 0 Å². The minimum atomic E-state index is -1.54. The predicted octanol–water partition coefficient (Wildman–Crippen LogP) is 0.351. The molecule has 0 saturated carbocycles. The van der Waals surface area contributed by atoms with Crippen LogP contribution in [0.5, 0.6) is 28.7 Å². The number of ether oxygens (including phenoxy) is 7. The Hall–Kier alpha value is -3.10. The fourth-order valence-electron chi connectivity index (χ4n) is 5.96. The highest BCUT2D eigenvalue weighted by molar-refractivity contribution is 5.59. The zero-order valence-corrected chi connectivity index (χ0v) is 22.6. The molecule has 1 fully saturated rings. The second kappa shape index (κ2) is 11.0. The number of rotatable bonds is 7. The van der Waals surface area contributed by atoms with Crippen LogP contribution in [0.15, 0.2) is 36.4 Å². The van der Waals surface area contributed by atoms with Crippen molar-refractivity contribution >= 4 is 0 Å². The Bertz CT molecular complexity index is 1310. The topological polar surface area (TPSA) is 166 Å². The van der Waals surface area contributed by atoms with E-state index in [4.69, 9.17) is 33.2 Å². The van der Waals surface area contributed by atoms with E-state index in [0.717, 1.165) is 11.1 Å². The largest absolute Gasteiger partial charge is 0.493 e. The molecule has 12 nitrogen and oxygen atoms in total. The van der Waals surface area contributed by atoms with Gasteiger partial charge in [-0.1, -0.05) is 6.58 Å². The molecule has 2 aromatic carbocycles. The van der Waals surface area contributed by atoms with Gasteiger partial charge in [0.1, 0.15) is 60.5 Å². The zero-order valence-electron chi connectivity index (χ0n) is 22.6. The standard InChI is InChI=1S/C29H34O12/c1-12(10-38-29-27(34)26(33)25(32)21(9-30)41-29)17-7-15-16(39-17)5-4-13-24(31)23-14-6-19(35-2)20(36-3)8-18(14)37-11-22(23)40-28(13)15/h4-6,8,17,21-27,29-34H,1,7,9-11H2,2-3H3/t17-,21-,22?,23?,24+,25-,26+,27-,29-/m1/s1. The van der Waals surface area contributed by atoms with Crippen molar-refractivity contribution in [3.8, 4) is 28.7 Å². The van der Waals surface area contributed by atoms with E-state index in [1.807, 2.05) is 6.07 Å². The number of benzene rings is 2. The van der Waals surface area contributed by atoms with E-state index in [9.17, 15) is 25.5 Å². The van der Waals surface area contributed by atoms with E-state index in [0.29, 0.717) is 46.3 Å². The van der Waals surface area contributed by atoms with Crippen molar-refractivity contribution in [3.05, 3.63) is 53.1 Å². The van der Waals surface area contributed by atoms with Gasteiger partial charge in [0.15, 0.2) is 17.8 Å². The number of methoxy groups -OCH3 is 2. The maximum atomic E-state index is 11.6. The molecule has 0 aliphatic carbocycles. The molecule has 4 aliphatic heterocycles. The second-order valence-corrected chi connectivity index (χ2v) is 10.6. The van der Waals surface area contributed by atoms with Crippen LogP contribution in [0.4, 0.5) is 0 Å². The molecule has 5 N–H and O–H groups in total. The predicted molar refractivity (Wildman–Crippen MR) is 141 cm³/mol. The van der Waals surface area contributed by atoms with E-state index in [-0.39, 0.29) is 19.1 Å². The molecule has 4 heterocycles. The molecule has 2 unspecified atom stereocenters. The summed E-state index contributed by atoms with van der Waals surface area (Å²) >= 11 is 0. The summed E-state index contributed by atoms with van der Waals surface area (Å²) in [7, 11) is 3.10. The number of aliphatic hydroxyl groups excluding tert-OH is 5.